The van der Waals surface area contributed by atoms with Crippen LogP contribution >= 0.6 is 0 Å². The molecule has 1 aromatic heterocycles. The highest BCUT2D eigenvalue weighted by Gasteiger charge is 2.13. The van der Waals surface area contributed by atoms with Gasteiger partial charge in [-0.05, 0) is 18.2 Å². The Hall–Kier alpha value is -2.90. The van der Waals surface area contributed by atoms with Crippen molar-refractivity contribution in [3.8, 4) is 0 Å². The fourth-order valence-corrected chi connectivity index (χ4v) is 1.53. The summed E-state index contributed by atoms with van der Waals surface area (Å²) in [5, 5.41) is 13.7. The molecule has 0 fully saturated rings. The number of imidazole rings is 1. The summed E-state index contributed by atoms with van der Waals surface area (Å²) in [5.74, 6) is -1.36. The molecule has 0 bridgehead atoms. The number of carbonyl (C=O) groups is 2. The molecular weight excluding hydrogens is 267 g/mol. The van der Waals surface area contributed by atoms with E-state index in [1.165, 1.54) is 6.20 Å². The molecule has 0 unspecified atom stereocenters. The van der Waals surface area contributed by atoms with Gasteiger partial charge in [-0.2, -0.15) is 0 Å². The van der Waals surface area contributed by atoms with Crippen molar-refractivity contribution < 1.29 is 19.1 Å². The summed E-state index contributed by atoms with van der Waals surface area (Å²) >= 11 is 0. The Kier molecular flexibility index (Phi) is 3.94. The van der Waals surface area contributed by atoms with Crippen LogP contribution in [0.2, 0.25) is 0 Å². The second-order valence-corrected chi connectivity index (χ2v) is 3.84. The van der Waals surface area contributed by atoms with E-state index in [2.05, 4.69) is 20.6 Å². The van der Waals surface area contributed by atoms with Crippen LogP contribution in [-0.2, 0) is 6.54 Å². The molecule has 1 heterocycles. The minimum Gasteiger partial charge on any atom is -0.478 e. The maximum Gasteiger partial charge on any atom is 0.337 e. The molecule has 0 aliphatic carbocycles. The normalized spacial score (nSPS) is 10.1. The van der Waals surface area contributed by atoms with E-state index in [0.717, 1.165) is 18.2 Å². The maximum absolute atomic E-state index is 13.1. The SMILES string of the molecule is O=C(NCc1ncc[nH]1)Nc1cc(F)ccc1C(=O)O. The van der Waals surface area contributed by atoms with Gasteiger partial charge in [0.05, 0.1) is 17.8 Å². The number of carbonyl (C=O) groups excluding carboxylic acids is 1. The van der Waals surface area contributed by atoms with E-state index in [4.69, 9.17) is 5.11 Å². The summed E-state index contributed by atoms with van der Waals surface area (Å²) in [6.45, 7) is 0.135. The summed E-state index contributed by atoms with van der Waals surface area (Å²) < 4.78 is 13.1. The van der Waals surface area contributed by atoms with Gasteiger partial charge in [-0.25, -0.2) is 19.0 Å². The molecule has 2 amide bonds. The number of aromatic carboxylic acids is 1. The van der Waals surface area contributed by atoms with Crippen LogP contribution in [0.25, 0.3) is 0 Å². The topological polar surface area (TPSA) is 107 Å². The quantitative estimate of drug-likeness (QED) is 0.680. The third kappa shape index (κ3) is 3.31. The lowest BCUT2D eigenvalue weighted by Gasteiger charge is -2.09. The van der Waals surface area contributed by atoms with Gasteiger partial charge in [-0.3, -0.25) is 0 Å². The van der Waals surface area contributed by atoms with E-state index in [1.54, 1.807) is 6.20 Å². The molecule has 0 saturated carbocycles. The van der Waals surface area contributed by atoms with E-state index in [0.29, 0.717) is 5.82 Å². The van der Waals surface area contributed by atoms with Crippen molar-refractivity contribution in [1.29, 1.82) is 0 Å². The summed E-state index contributed by atoms with van der Waals surface area (Å²) in [6, 6.07) is 2.37. The zero-order chi connectivity index (χ0) is 14.5. The molecule has 0 aliphatic rings. The van der Waals surface area contributed by atoms with E-state index < -0.39 is 17.8 Å². The van der Waals surface area contributed by atoms with E-state index in [-0.39, 0.29) is 17.8 Å². The fraction of sp³-hybridized carbons (Fsp3) is 0.0833. The molecule has 1 aromatic carbocycles. The lowest BCUT2D eigenvalue weighted by atomic mass is 10.2. The Labute approximate surface area is 112 Å². The van der Waals surface area contributed by atoms with Crippen molar-refractivity contribution in [3.05, 3.63) is 47.8 Å². The summed E-state index contributed by atoms with van der Waals surface area (Å²) in [5.41, 5.74) is -0.311. The predicted octanol–water partition coefficient (Wildman–Crippen LogP) is 1.57. The fourth-order valence-electron chi connectivity index (χ4n) is 1.53. The molecule has 0 radical (unpaired) electrons. The van der Waals surface area contributed by atoms with Crippen LogP contribution in [0.5, 0.6) is 0 Å². The van der Waals surface area contributed by atoms with Crippen LogP contribution in [0.3, 0.4) is 0 Å². The van der Waals surface area contributed by atoms with Crippen LogP contribution in [-0.4, -0.2) is 27.1 Å². The summed E-state index contributed by atoms with van der Waals surface area (Å²) in [6.07, 6.45) is 3.13. The minimum atomic E-state index is -1.26. The number of aromatic nitrogens is 2. The third-order valence-electron chi connectivity index (χ3n) is 2.43. The number of carboxylic acids is 1. The average molecular weight is 278 g/mol. The van der Waals surface area contributed by atoms with Crippen molar-refractivity contribution in [2.75, 3.05) is 5.32 Å². The molecule has 7 nitrogen and oxygen atoms in total. The van der Waals surface area contributed by atoms with Gasteiger partial charge in [0.1, 0.15) is 11.6 Å². The van der Waals surface area contributed by atoms with Gasteiger partial charge in [0.15, 0.2) is 0 Å². The number of nitrogens with zero attached hydrogens (tertiary/aromatic N) is 1. The Morgan fingerprint density at radius 3 is 2.85 bits per heavy atom. The molecule has 4 N–H and O–H groups in total. The highest BCUT2D eigenvalue weighted by atomic mass is 19.1. The summed E-state index contributed by atoms with van der Waals surface area (Å²) in [7, 11) is 0. The first-order valence-corrected chi connectivity index (χ1v) is 5.62. The lowest BCUT2D eigenvalue weighted by molar-refractivity contribution is 0.0698. The third-order valence-corrected chi connectivity index (χ3v) is 2.43. The van der Waals surface area contributed by atoms with Gasteiger partial charge in [-0.1, -0.05) is 0 Å². The Morgan fingerprint density at radius 2 is 2.20 bits per heavy atom. The molecule has 0 spiro atoms. The second kappa shape index (κ2) is 5.83. The van der Waals surface area contributed by atoms with Crippen molar-refractivity contribution in [2.24, 2.45) is 0 Å². The molecule has 0 atom stereocenters. The van der Waals surface area contributed by atoms with Crippen LogP contribution < -0.4 is 10.6 Å². The van der Waals surface area contributed by atoms with Crippen molar-refractivity contribution in [1.82, 2.24) is 15.3 Å². The van der Waals surface area contributed by atoms with Crippen LogP contribution in [0.4, 0.5) is 14.9 Å². The van der Waals surface area contributed by atoms with E-state index >= 15 is 0 Å². The maximum atomic E-state index is 13.1. The van der Waals surface area contributed by atoms with Gasteiger partial charge < -0.3 is 20.7 Å². The van der Waals surface area contributed by atoms with Crippen molar-refractivity contribution in [3.63, 3.8) is 0 Å². The highest BCUT2D eigenvalue weighted by Crippen LogP contribution is 2.17. The van der Waals surface area contributed by atoms with Gasteiger partial charge >= 0.3 is 12.0 Å². The Bertz CT molecular complexity index is 628. The van der Waals surface area contributed by atoms with Crippen LogP contribution in [0.1, 0.15) is 16.2 Å². The number of hydrogen-bond acceptors (Lipinski definition) is 3. The molecule has 20 heavy (non-hydrogen) atoms. The number of amides is 2. The largest absolute Gasteiger partial charge is 0.478 e. The smallest absolute Gasteiger partial charge is 0.337 e. The molecule has 0 saturated heterocycles. The number of anilines is 1. The standard InChI is InChI=1S/C12H11FN4O3/c13-7-1-2-8(11(18)19)9(5-7)17-12(20)16-6-10-14-3-4-15-10/h1-5H,6H2,(H,14,15)(H,18,19)(H2,16,17,20). The average Bonchev–Trinajstić information content (AvgIpc) is 2.89. The predicted molar refractivity (Wildman–Crippen MR) is 67.8 cm³/mol. The van der Waals surface area contributed by atoms with E-state index in [1.807, 2.05) is 0 Å². The second-order valence-electron chi connectivity index (χ2n) is 3.84. The summed E-state index contributed by atoms with van der Waals surface area (Å²) in [4.78, 5) is 29.3. The zero-order valence-electron chi connectivity index (χ0n) is 10.2. The number of aromatic amines is 1. The molecule has 0 aliphatic heterocycles. The van der Waals surface area contributed by atoms with E-state index in [9.17, 15) is 14.0 Å². The molecule has 8 heteroatoms. The number of urea groups is 1. The molecular formula is C12H11FN4O3. The van der Waals surface area contributed by atoms with Gasteiger partial charge in [-0.15, -0.1) is 0 Å². The molecule has 2 rings (SSSR count). The van der Waals surface area contributed by atoms with Crippen molar-refractivity contribution in [2.45, 2.75) is 6.54 Å². The molecule has 104 valence electrons. The lowest BCUT2D eigenvalue weighted by Crippen LogP contribution is -2.29. The first-order chi connectivity index (χ1) is 9.56. The number of hydrogen-bond donors (Lipinski definition) is 4. The van der Waals surface area contributed by atoms with Crippen molar-refractivity contribution >= 4 is 17.7 Å². The monoisotopic (exact) mass is 278 g/mol. The Morgan fingerprint density at radius 1 is 1.40 bits per heavy atom. The number of nitrogens with one attached hydrogen (secondary N) is 3. The van der Waals surface area contributed by atoms with Crippen LogP contribution in [0, 0.1) is 5.82 Å². The van der Waals surface area contributed by atoms with Gasteiger partial charge in [0.25, 0.3) is 0 Å². The number of benzene rings is 1. The number of halogens is 1. The first-order valence-electron chi connectivity index (χ1n) is 5.62. The van der Waals surface area contributed by atoms with Gasteiger partial charge in [0, 0.05) is 12.4 Å². The molecule has 2 aromatic rings. The number of H-pyrrole nitrogens is 1. The van der Waals surface area contributed by atoms with Gasteiger partial charge in [0.2, 0.25) is 0 Å². The number of carboxylic acid groups (broad SMARTS) is 1. The minimum absolute atomic E-state index is 0.116. The Balaban J connectivity index is 2.03. The highest BCUT2D eigenvalue weighted by molar-refractivity contribution is 5.99. The number of rotatable bonds is 4. The zero-order valence-corrected chi connectivity index (χ0v) is 10.2. The first kappa shape index (κ1) is 13.5. The van der Waals surface area contributed by atoms with Crippen LogP contribution in [0.15, 0.2) is 30.6 Å².